The topological polar surface area (TPSA) is 92.4 Å². The van der Waals surface area contributed by atoms with Gasteiger partial charge in [-0.1, -0.05) is 6.07 Å². The van der Waals surface area contributed by atoms with Crippen molar-refractivity contribution in [3.63, 3.8) is 0 Å². The molecule has 2 aromatic rings. The Morgan fingerprint density at radius 2 is 2.30 bits per heavy atom. The highest BCUT2D eigenvalue weighted by atomic mass is 32.1. The van der Waals surface area contributed by atoms with Gasteiger partial charge in [0.2, 0.25) is 11.8 Å². The number of aliphatic carboxylic acids is 1. The van der Waals surface area contributed by atoms with Gasteiger partial charge in [-0.3, -0.25) is 9.59 Å². The second-order valence-electron chi connectivity index (χ2n) is 4.15. The fourth-order valence-corrected chi connectivity index (χ4v) is 2.25. The Hall–Kier alpha value is -2.15. The van der Waals surface area contributed by atoms with E-state index in [1.165, 1.54) is 17.6 Å². The lowest BCUT2D eigenvalue weighted by Gasteiger charge is -2.01. The fraction of sp³-hybridized carbons (Fsp3) is 0.308. The predicted molar refractivity (Wildman–Crippen MR) is 73.4 cm³/mol. The van der Waals surface area contributed by atoms with Crippen LogP contribution in [-0.2, 0) is 16.0 Å². The Kier molecular flexibility index (Phi) is 4.89. The summed E-state index contributed by atoms with van der Waals surface area (Å²) >= 11 is 1.52. The number of hydrogen-bond donors (Lipinski definition) is 2. The quantitative estimate of drug-likeness (QED) is 0.761. The highest BCUT2D eigenvalue weighted by Crippen LogP contribution is 2.23. The van der Waals surface area contributed by atoms with Gasteiger partial charge in [-0.15, -0.1) is 11.3 Å². The van der Waals surface area contributed by atoms with Crippen molar-refractivity contribution in [3.05, 3.63) is 29.5 Å². The number of rotatable bonds is 7. The van der Waals surface area contributed by atoms with Crippen LogP contribution in [0.3, 0.4) is 0 Å². The van der Waals surface area contributed by atoms with Crippen molar-refractivity contribution >= 4 is 23.2 Å². The molecule has 2 N–H and O–H groups in total. The number of nitrogens with zero attached hydrogens (tertiary/aromatic N) is 1. The van der Waals surface area contributed by atoms with E-state index in [2.05, 4.69) is 10.3 Å². The SMILES string of the molecule is O=C(O)CCCNC(=O)Cc1coc(-c2cccs2)n1. The molecule has 20 heavy (non-hydrogen) atoms. The van der Waals surface area contributed by atoms with Crippen molar-refractivity contribution in [2.75, 3.05) is 6.54 Å². The van der Waals surface area contributed by atoms with Crippen LogP contribution in [-0.4, -0.2) is 28.5 Å². The molecule has 0 saturated heterocycles. The van der Waals surface area contributed by atoms with Crippen molar-refractivity contribution in [2.24, 2.45) is 0 Å². The Balaban J connectivity index is 1.78. The van der Waals surface area contributed by atoms with E-state index in [0.717, 1.165) is 4.88 Å². The monoisotopic (exact) mass is 294 g/mol. The second kappa shape index (κ2) is 6.85. The molecule has 2 aromatic heterocycles. The highest BCUT2D eigenvalue weighted by molar-refractivity contribution is 7.13. The minimum absolute atomic E-state index is 0.0484. The molecule has 0 bridgehead atoms. The summed E-state index contributed by atoms with van der Waals surface area (Å²) in [4.78, 5) is 27.1. The summed E-state index contributed by atoms with van der Waals surface area (Å²) in [6.45, 7) is 0.348. The maximum atomic E-state index is 11.6. The predicted octanol–water partition coefficient (Wildman–Crippen LogP) is 1.93. The zero-order chi connectivity index (χ0) is 14.4. The third-order valence-electron chi connectivity index (χ3n) is 2.51. The third-order valence-corrected chi connectivity index (χ3v) is 3.37. The van der Waals surface area contributed by atoms with Gasteiger partial charge in [0, 0.05) is 13.0 Å². The van der Waals surface area contributed by atoms with E-state index >= 15 is 0 Å². The van der Waals surface area contributed by atoms with Crippen LogP contribution in [0.15, 0.2) is 28.2 Å². The molecular formula is C13H14N2O4S. The number of aromatic nitrogens is 1. The summed E-state index contributed by atoms with van der Waals surface area (Å²) < 4.78 is 5.31. The first-order valence-corrected chi connectivity index (χ1v) is 7.00. The summed E-state index contributed by atoms with van der Waals surface area (Å²) in [6.07, 6.45) is 2.06. The smallest absolute Gasteiger partial charge is 0.303 e. The molecule has 0 atom stereocenters. The van der Waals surface area contributed by atoms with Gasteiger partial charge in [-0.25, -0.2) is 4.98 Å². The maximum absolute atomic E-state index is 11.6. The van der Waals surface area contributed by atoms with Gasteiger partial charge in [0.05, 0.1) is 17.0 Å². The molecule has 0 aliphatic heterocycles. The van der Waals surface area contributed by atoms with E-state index in [0.29, 0.717) is 24.6 Å². The van der Waals surface area contributed by atoms with Crippen LogP contribution in [0.1, 0.15) is 18.5 Å². The van der Waals surface area contributed by atoms with Crippen LogP contribution in [0.25, 0.3) is 10.8 Å². The van der Waals surface area contributed by atoms with Gasteiger partial charge >= 0.3 is 5.97 Å². The molecular weight excluding hydrogens is 280 g/mol. The van der Waals surface area contributed by atoms with Crippen LogP contribution in [0, 0.1) is 0 Å². The molecule has 0 fully saturated rings. The Bertz CT molecular complexity index is 577. The summed E-state index contributed by atoms with van der Waals surface area (Å²) in [5.41, 5.74) is 0.559. The number of carboxylic acid groups (broad SMARTS) is 1. The summed E-state index contributed by atoms with van der Waals surface area (Å²) in [7, 11) is 0. The molecule has 6 nitrogen and oxygen atoms in total. The molecule has 7 heteroatoms. The average Bonchev–Trinajstić information content (AvgIpc) is 3.04. The number of carbonyl (C=O) groups excluding carboxylic acids is 1. The van der Waals surface area contributed by atoms with Crippen LogP contribution in [0.5, 0.6) is 0 Å². The minimum Gasteiger partial charge on any atom is -0.481 e. The molecule has 106 valence electrons. The zero-order valence-corrected chi connectivity index (χ0v) is 11.5. The van der Waals surface area contributed by atoms with E-state index in [9.17, 15) is 9.59 Å². The minimum atomic E-state index is -0.865. The third kappa shape index (κ3) is 4.20. The normalized spacial score (nSPS) is 10.4. The van der Waals surface area contributed by atoms with Crippen LogP contribution in [0.4, 0.5) is 0 Å². The Morgan fingerprint density at radius 3 is 3.00 bits per heavy atom. The van der Waals surface area contributed by atoms with Gasteiger partial charge < -0.3 is 14.8 Å². The van der Waals surface area contributed by atoms with Crippen LogP contribution < -0.4 is 5.32 Å². The van der Waals surface area contributed by atoms with Gasteiger partial charge in [-0.05, 0) is 17.9 Å². The average molecular weight is 294 g/mol. The lowest BCUT2D eigenvalue weighted by molar-refractivity contribution is -0.137. The van der Waals surface area contributed by atoms with E-state index in [-0.39, 0.29) is 18.7 Å². The molecule has 0 aromatic carbocycles. The van der Waals surface area contributed by atoms with E-state index in [1.54, 1.807) is 0 Å². The molecule has 0 aliphatic carbocycles. The van der Waals surface area contributed by atoms with Gasteiger partial charge in [-0.2, -0.15) is 0 Å². The van der Waals surface area contributed by atoms with Gasteiger partial charge in [0.15, 0.2) is 0 Å². The molecule has 0 saturated carbocycles. The van der Waals surface area contributed by atoms with Crippen LogP contribution in [0.2, 0.25) is 0 Å². The maximum Gasteiger partial charge on any atom is 0.303 e. The highest BCUT2D eigenvalue weighted by Gasteiger charge is 2.10. The first kappa shape index (κ1) is 14.3. The number of carboxylic acids is 1. The molecule has 1 amide bonds. The zero-order valence-electron chi connectivity index (χ0n) is 10.7. The summed E-state index contributed by atoms with van der Waals surface area (Å²) in [5, 5.41) is 13.0. The molecule has 0 radical (unpaired) electrons. The fourth-order valence-electron chi connectivity index (χ4n) is 1.60. The molecule has 2 heterocycles. The van der Waals surface area contributed by atoms with Gasteiger partial charge in [0.25, 0.3) is 0 Å². The molecule has 0 aliphatic rings. The number of thiophene rings is 1. The molecule has 0 spiro atoms. The van der Waals surface area contributed by atoms with Crippen molar-refractivity contribution in [2.45, 2.75) is 19.3 Å². The number of nitrogens with one attached hydrogen (secondary N) is 1. The van der Waals surface area contributed by atoms with E-state index < -0.39 is 5.97 Å². The van der Waals surface area contributed by atoms with Crippen LogP contribution >= 0.6 is 11.3 Å². The van der Waals surface area contributed by atoms with Crippen molar-refractivity contribution in [1.82, 2.24) is 10.3 Å². The summed E-state index contributed by atoms with van der Waals surface area (Å²) in [5.74, 6) is -0.550. The Labute approximate surface area is 119 Å². The van der Waals surface area contributed by atoms with Gasteiger partial charge in [0.1, 0.15) is 6.26 Å². The number of amides is 1. The van der Waals surface area contributed by atoms with Crippen molar-refractivity contribution < 1.29 is 19.1 Å². The lowest BCUT2D eigenvalue weighted by atomic mass is 10.3. The standard InChI is InChI=1S/C13H14N2O4S/c16-11(14-5-1-4-12(17)18)7-9-8-19-13(15-9)10-3-2-6-20-10/h2-3,6,8H,1,4-5,7H2,(H,14,16)(H,17,18). The van der Waals surface area contributed by atoms with E-state index in [1.807, 2.05) is 17.5 Å². The molecule has 2 rings (SSSR count). The summed E-state index contributed by atoms with van der Waals surface area (Å²) in [6, 6.07) is 3.80. The second-order valence-corrected chi connectivity index (χ2v) is 5.09. The van der Waals surface area contributed by atoms with Crippen molar-refractivity contribution in [1.29, 1.82) is 0 Å². The first-order valence-electron chi connectivity index (χ1n) is 6.12. The number of hydrogen-bond acceptors (Lipinski definition) is 5. The molecule has 0 unspecified atom stereocenters. The lowest BCUT2D eigenvalue weighted by Crippen LogP contribution is -2.26. The van der Waals surface area contributed by atoms with Crippen molar-refractivity contribution in [3.8, 4) is 10.8 Å². The number of carbonyl (C=O) groups is 2. The largest absolute Gasteiger partial charge is 0.481 e. The number of oxazole rings is 1. The Morgan fingerprint density at radius 1 is 1.45 bits per heavy atom. The first-order chi connectivity index (χ1) is 9.65. The van der Waals surface area contributed by atoms with E-state index in [4.69, 9.17) is 9.52 Å².